The fourth-order valence-corrected chi connectivity index (χ4v) is 3.80. The van der Waals surface area contributed by atoms with Crippen LogP contribution in [0.3, 0.4) is 0 Å². The van der Waals surface area contributed by atoms with Gasteiger partial charge in [0.05, 0.1) is 23.3 Å². The summed E-state index contributed by atoms with van der Waals surface area (Å²) < 4.78 is 11.8. The molecular weight excluding hydrogens is 482 g/mol. The van der Waals surface area contributed by atoms with Crippen LogP contribution < -0.4 is 17.2 Å². The van der Waals surface area contributed by atoms with Crippen LogP contribution in [0.5, 0.6) is 5.75 Å². The Balaban J connectivity index is 0.000000144. The average molecular weight is 512 g/mol. The smallest absolute Gasteiger partial charge is 0.420 e. The number of anilines is 1. The second kappa shape index (κ2) is 11.4. The van der Waals surface area contributed by atoms with Crippen LogP contribution in [-0.4, -0.2) is 14.7 Å². The second-order valence-electron chi connectivity index (χ2n) is 8.99. The fraction of sp³-hybridized carbons (Fsp3) is 0.133. The molecule has 38 heavy (non-hydrogen) atoms. The van der Waals surface area contributed by atoms with E-state index >= 15 is 0 Å². The van der Waals surface area contributed by atoms with Crippen LogP contribution in [0, 0.1) is 20.8 Å². The first-order valence-electron chi connectivity index (χ1n) is 12.0. The Labute approximate surface area is 218 Å². The lowest BCUT2D eigenvalue weighted by Crippen LogP contribution is -2.14. The van der Waals surface area contributed by atoms with Gasteiger partial charge in [0.2, 0.25) is 0 Å². The third kappa shape index (κ3) is 6.41. The van der Waals surface area contributed by atoms with Gasteiger partial charge < -0.3 is 19.7 Å². The minimum Gasteiger partial charge on any atom is -0.506 e. The zero-order valence-electron chi connectivity index (χ0n) is 21.4. The molecule has 8 nitrogen and oxygen atoms in total. The number of H-pyrrole nitrogens is 1. The van der Waals surface area contributed by atoms with Gasteiger partial charge in [0.25, 0.3) is 0 Å². The largest absolute Gasteiger partial charge is 0.506 e. The number of phenols is 1. The molecule has 0 aliphatic carbocycles. The van der Waals surface area contributed by atoms with Gasteiger partial charge in [-0.2, -0.15) is 0 Å². The van der Waals surface area contributed by atoms with E-state index < -0.39 is 5.76 Å². The number of nitrogens with one attached hydrogen (secondary N) is 1. The first kappa shape index (κ1) is 26.1. The van der Waals surface area contributed by atoms with Crippen LogP contribution in [0.2, 0.25) is 0 Å². The summed E-state index contributed by atoms with van der Waals surface area (Å²) in [5.74, 6) is -0.542. The number of nitrogen functional groups attached to an aromatic ring is 1. The number of oxazole rings is 2. The molecule has 6 rings (SSSR count). The van der Waals surface area contributed by atoms with Gasteiger partial charge in [-0.1, -0.05) is 48.5 Å². The van der Waals surface area contributed by atoms with E-state index in [-0.39, 0.29) is 11.5 Å². The molecule has 0 amide bonds. The summed E-state index contributed by atoms with van der Waals surface area (Å²) in [7, 11) is 0. The number of aryl methyl sites for hydroxylation is 3. The van der Waals surface area contributed by atoms with Gasteiger partial charge in [-0.3, -0.25) is 9.55 Å². The summed E-state index contributed by atoms with van der Waals surface area (Å²) >= 11 is 0. The van der Waals surface area contributed by atoms with Crippen molar-refractivity contribution in [1.82, 2.24) is 9.55 Å². The number of aromatic amines is 1. The number of fused-ring (bicyclic) bond motifs is 2. The average Bonchev–Trinajstić information content (AvgIpc) is 3.40. The molecule has 8 heteroatoms. The number of nitrogens with two attached hydrogens (primary N) is 1. The van der Waals surface area contributed by atoms with E-state index in [1.807, 2.05) is 93.6 Å². The Kier molecular flexibility index (Phi) is 7.82. The highest BCUT2D eigenvalue weighted by atomic mass is 16.4. The highest BCUT2D eigenvalue weighted by molar-refractivity contribution is 5.74. The molecule has 0 aliphatic rings. The van der Waals surface area contributed by atoms with Crippen molar-refractivity contribution in [1.29, 1.82) is 0 Å². The number of phenolic OH excluding ortho intramolecular Hbond substituents is 1. The predicted molar refractivity (Wildman–Crippen MR) is 150 cm³/mol. The first-order valence-corrected chi connectivity index (χ1v) is 12.0. The first-order chi connectivity index (χ1) is 18.2. The molecule has 6 aromatic rings. The molecule has 0 fully saturated rings. The van der Waals surface area contributed by atoms with Crippen molar-refractivity contribution in [2.45, 2.75) is 27.3 Å². The number of rotatable bonds is 2. The molecule has 4 N–H and O–H groups in total. The highest BCUT2D eigenvalue weighted by Crippen LogP contribution is 2.19. The summed E-state index contributed by atoms with van der Waals surface area (Å²) in [6.07, 6.45) is 0. The second-order valence-corrected chi connectivity index (χ2v) is 8.99. The number of hydrogen-bond donors (Lipinski definition) is 3. The topological polar surface area (TPSA) is 127 Å². The van der Waals surface area contributed by atoms with E-state index in [2.05, 4.69) is 4.98 Å². The quantitative estimate of drug-likeness (QED) is 0.203. The minimum atomic E-state index is -0.398. The summed E-state index contributed by atoms with van der Waals surface area (Å²) in [5.41, 5.74) is 12.9. The number of benzene rings is 4. The molecule has 0 aliphatic heterocycles. The van der Waals surface area contributed by atoms with E-state index in [1.54, 1.807) is 16.7 Å². The van der Waals surface area contributed by atoms with Gasteiger partial charge in [0, 0.05) is 0 Å². The molecular formula is C30H29N3O5. The lowest BCUT2D eigenvalue weighted by atomic mass is 10.2. The third-order valence-electron chi connectivity index (χ3n) is 5.77. The van der Waals surface area contributed by atoms with Crippen molar-refractivity contribution in [3.05, 3.63) is 128 Å². The standard InChI is InChI=1S/C15H13NO2.C8H7NO2.C7H9NO/c1-11-7-8-13-14(9-11)18-15(17)16(13)10-12-5-3-2-4-6-12;1-5-2-3-6-7(4-5)11-8(10)9-6;1-5-2-3-6(8)7(9)4-5/h2-9H,10H2,1H3;2-4H,1H3,(H,9,10);2-4,9H,8H2,1H3. The van der Waals surface area contributed by atoms with Crippen LogP contribution >= 0.6 is 0 Å². The van der Waals surface area contributed by atoms with E-state index in [1.165, 1.54) is 0 Å². The number of nitrogens with zero attached hydrogens (tertiary/aromatic N) is 1. The van der Waals surface area contributed by atoms with Crippen molar-refractivity contribution in [3.8, 4) is 5.75 Å². The van der Waals surface area contributed by atoms with Gasteiger partial charge in [0.15, 0.2) is 11.2 Å². The zero-order chi connectivity index (χ0) is 27.2. The molecule has 194 valence electrons. The summed E-state index contributed by atoms with van der Waals surface area (Å²) in [5, 5.41) is 8.98. The molecule has 2 aromatic heterocycles. The molecule has 4 aromatic carbocycles. The van der Waals surface area contributed by atoms with Crippen molar-refractivity contribution >= 4 is 27.9 Å². The SMILES string of the molecule is Cc1ccc(N)c(O)c1.Cc1ccc2[nH]c(=O)oc2c1.Cc1ccc2c(c1)oc(=O)n2Cc1ccccc1. The van der Waals surface area contributed by atoms with Gasteiger partial charge >= 0.3 is 11.5 Å². The lowest BCUT2D eigenvalue weighted by molar-refractivity contribution is 0.477. The highest BCUT2D eigenvalue weighted by Gasteiger charge is 2.09. The molecule has 0 saturated heterocycles. The predicted octanol–water partition coefficient (Wildman–Crippen LogP) is 5.66. The Morgan fingerprint density at radius 3 is 2.11 bits per heavy atom. The summed E-state index contributed by atoms with van der Waals surface area (Å²) in [6, 6.07) is 26.4. The van der Waals surface area contributed by atoms with Crippen LogP contribution in [0.25, 0.3) is 22.2 Å². The van der Waals surface area contributed by atoms with Crippen molar-refractivity contribution in [3.63, 3.8) is 0 Å². The van der Waals surface area contributed by atoms with E-state index in [0.717, 1.165) is 33.3 Å². The van der Waals surface area contributed by atoms with Crippen LogP contribution in [-0.2, 0) is 6.54 Å². The molecule has 0 bridgehead atoms. The van der Waals surface area contributed by atoms with Crippen molar-refractivity contribution in [2.75, 3.05) is 5.73 Å². The van der Waals surface area contributed by atoms with Gasteiger partial charge in [-0.25, -0.2) is 9.59 Å². The Morgan fingerprint density at radius 2 is 1.42 bits per heavy atom. The molecule has 0 unspecified atom stereocenters. The van der Waals surface area contributed by atoms with Gasteiger partial charge in [-0.15, -0.1) is 0 Å². The lowest BCUT2D eigenvalue weighted by Gasteiger charge is -2.02. The number of hydrogen-bond acceptors (Lipinski definition) is 6. The minimum absolute atomic E-state index is 0.162. The molecule has 0 atom stereocenters. The van der Waals surface area contributed by atoms with Crippen LogP contribution in [0.1, 0.15) is 22.3 Å². The Hall–Kier alpha value is -4.98. The molecule has 0 radical (unpaired) electrons. The van der Waals surface area contributed by atoms with Crippen LogP contribution in [0.15, 0.2) is 103 Å². The summed E-state index contributed by atoms with van der Waals surface area (Å²) in [4.78, 5) is 25.1. The maximum Gasteiger partial charge on any atom is 0.420 e. The normalized spacial score (nSPS) is 10.5. The fourth-order valence-electron chi connectivity index (χ4n) is 3.80. The maximum atomic E-state index is 11.9. The van der Waals surface area contributed by atoms with E-state index in [9.17, 15) is 9.59 Å². The third-order valence-corrected chi connectivity index (χ3v) is 5.77. The monoisotopic (exact) mass is 511 g/mol. The molecule has 0 saturated carbocycles. The Bertz CT molecular complexity index is 1790. The van der Waals surface area contributed by atoms with Gasteiger partial charge in [0.1, 0.15) is 5.75 Å². The Morgan fingerprint density at radius 1 is 0.789 bits per heavy atom. The zero-order valence-corrected chi connectivity index (χ0v) is 21.4. The van der Waals surface area contributed by atoms with Crippen molar-refractivity contribution in [2.24, 2.45) is 0 Å². The molecule has 2 heterocycles. The van der Waals surface area contributed by atoms with E-state index in [4.69, 9.17) is 19.7 Å². The molecule has 0 spiro atoms. The number of aromatic hydroxyl groups is 1. The van der Waals surface area contributed by atoms with E-state index in [0.29, 0.717) is 23.4 Å². The maximum absolute atomic E-state index is 11.9. The van der Waals surface area contributed by atoms with Crippen molar-refractivity contribution < 1.29 is 13.9 Å². The van der Waals surface area contributed by atoms with Gasteiger partial charge in [-0.05, 0) is 79.4 Å². The number of aromatic nitrogens is 2. The summed E-state index contributed by atoms with van der Waals surface area (Å²) in [6.45, 7) is 6.37. The van der Waals surface area contributed by atoms with Crippen LogP contribution in [0.4, 0.5) is 5.69 Å².